The normalized spacial score (nSPS) is 12.0. The van der Waals surface area contributed by atoms with Crippen LogP contribution >= 0.6 is 23.1 Å². The second kappa shape index (κ2) is 7.36. The molecule has 0 aliphatic rings. The Morgan fingerprint density at radius 2 is 1.96 bits per heavy atom. The summed E-state index contributed by atoms with van der Waals surface area (Å²) >= 11 is 3.19. The van der Waals surface area contributed by atoms with Crippen molar-refractivity contribution in [3.63, 3.8) is 0 Å². The molecule has 24 heavy (non-hydrogen) atoms. The van der Waals surface area contributed by atoms with Crippen molar-refractivity contribution in [1.82, 2.24) is 4.57 Å². The molecular weight excluding hydrogens is 336 g/mol. The first-order valence-corrected chi connectivity index (χ1v) is 9.78. The van der Waals surface area contributed by atoms with E-state index >= 15 is 0 Å². The topological polar surface area (TPSA) is 34.4 Å². The molecule has 0 saturated heterocycles. The quantitative estimate of drug-likeness (QED) is 0.701. The van der Waals surface area contributed by atoms with Gasteiger partial charge < -0.3 is 4.57 Å². The van der Waals surface area contributed by atoms with Crippen LogP contribution in [0.2, 0.25) is 0 Å². The molecule has 0 spiro atoms. The maximum Gasteiger partial charge on any atom is 0.258 e. The van der Waals surface area contributed by atoms with Gasteiger partial charge in [0.2, 0.25) is 0 Å². The van der Waals surface area contributed by atoms with Gasteiger partial charge >= 0.3 is 0 Å². The van der Waals surface area contributed by atoms with E-state index in [1.165, 1.54) is 21.4 Å². The van der Waals surface area contributed by atoms with Crippen molar-refractivity contribution in [2.24, 2.45) is 12.0 Å². The van der Waals surface area contributed by atoms with Crippen LogP contribution in [0.3, 0.4) is 0 Å². The van der Waals surface area contributed by atoms with Gasteiger partial charge in [0.05, 0.1) is 16.0 Å². The maximum absolute atomic E-state index is 12.2. The maximum atomic E-state index is 12.2. The van der Waals surface area contributed by atoms with Crippen LogP contribution in [-0.2, 0) is 17.6 Å². The molecule has 0 bridgehead atoms. The third-order valence-corrected chi connectivity index (χ3v) is 6.07. The third-order valence-electron chi connectivity index (χ3n) is 3.80. The molecule has 0 N–H and O–H groups in total. The van der Waals surface area contributed by atoms with Gasteiger partial charge in [-0.3, -0.25) is 4.79 Å². The number of nitrogens with zero attached hydrogens (tertiary/aromatic N) is 2. The molecule has 1 aromatic heterocycles. The summed E-state index contributed by atoms with van der Waals surface area (Å²) < 4.78 is 3.21. The minimum Gasteiger partial charge on any atom is -0.319 e. The summed E-state index contributed by atoms with van der Waals surface area (Å²) in [4.78, 5) is 17.3. The Bertz CT molecular complexity index is 939. The minimum absolute atomic E-state index is 0.0764. The fourth-order valence-electron chi connectivity index (χ4n) is 2.64. The Labute approximate surface area is 150 Å². The number of benzene rings is 2. The van der Waals surface area contributed by atoms with Gasteiger partial charge in [0.1, 0.15) is 0 Å². The number of hydrogen-bond donors (Lipinski definition) is 0. The number of fused-ring (bicyclic) bond motifs is 1. The lowest BCUT2D eigenvalue weighted by molar-refractivity contribution is -0.115. The molecule has 0 aliphatic carbocycles. The Morgan fingerprint density at radius 1 is 1.21 bits per heavy atom. The van der Waals surface area contributed by atoms with E-state index in [4.69, 9.17) is 0 Å². The van der Waals surface area contributed by atoms with Crippen LogP contribution in [0.1, 0.15) is 16.7 Å². The number of thiazole rings is 1. The average molecular weight is 357 g/mol. The van der Waals surface area contributed by atoms with Gasteiger partial charge in [-0.1, -0.05) is 47.7 Å². The minimum atomic E-state index is -0.0764. The molecule has 0 unspecified atom stereocenters. The van der Waals surface area contributed by atoms with Crippen LogP contribution in [0, 0.1) is 13.8 Å². The Balaban J connectivity index is 1.76. The lowest BCUT2D eigenvalue weighted by atomic mass is 10.1. The van der Waals surface area contributed by atoms with E-state index < -0.39 is 0 Å². The molecule has 0 radical (unpaired) electrons. The third kappa shape index (κ3) is 3.79. The first-order chi connectivity index (χ1) is 11.5. The summed E-state index contributed by atoms with van der Waals surface area (Å²) in [6, 6.07) is 14.5. The van der Waals surface area contributed by atoms with E-state index in [1.54, 1.807) is 23.1 Å². The Kier molecular flexibility index (Phi) is 5.21. The van der Waals surface area contributed by atoms with Crippen molar-refractivity contribution in [1.29, 1.82) is 0 Å². The fraction of sp³-hybridized carbons (Fsp3) is 0.263. The second-order valence-electron chi connectivity index (χ2n) is 5.86. The number of hydrogen-bond acceptors (Lipinski definition) is 3. The zero-order chi connectivity index (χ0) is 17.1. The van der Waals surface area contributed by atoms with Crippen LogP contribution in [0.4, 0.5) is 0 Å². The zero-order valence-electron chi connectivity index (χ0n) is 14.1. The van der Waals surface area contributed by atoms with E-state index in [2.05, 4.69) is 43.1 Å². The second-order valence-corrected chi connectivity index (χ2v) is 7.82. The van der Waals surface area contributed by atoms with Gasteiger partial charge in [0.25, 0.3) is 5.91 Å². The summed E-state index contributed by atoms with van der Waals surface area (Å²) in [5.74, 6) is 1.16. The van der Waals surface area contributed by atoms with Crippen LogP contribution in [-0.4, -0.2) is 16.2 Å². The molecule has 5 heteroatoms. The smallest absolute Gasteiger partial charge is 0.258 e. The fourth-order valence-corrected chi connectivity index (χ4v) is 4.50. The first-order valence-electron chi connectivity index (χ1n) is 7.80. The van der Waals surface area contributed by atoms with Crippen molar-refractivity contribution in [3.8, 4) is 0 Å². The number of thioether (sulfide) groups is 1. The van der Waals surface area contributed by atoms with Crippen molar-refractivity contribution in [2.45, 2.75) is 19.6 Å². The highest BCUT2D eigenvalue weighted by atomic mass is 32.2. The van der Waals surface area contributed by atoms with Crippen molar-refractivity contribution in [3.05, 3.63) is 64.0 Å². The number of aromatic nitrogens is 1. The number of rotatable bonds is 4. The largest absolute Gasteiger partial charge is 0.319 e. The number of aryl methyl sites for hydroxylation is 3. The molecule has 0 atom stereocenters. The van der Waals surface area contributed by atoms with E-state index in [1.807, 2.05) is 29.8 Å². The summed E-state index contributed by atoms with van der Waals surface area (Å²) in [6.45, 7) is 4.19. The van der Waals surface area contributed by atoms with Crippen LogP contribution in [0.5, 0.6) is 0 Å². The van der Waals surface area contributed by atoms with Crippen molar-refractivity contribution < 1.29 is 4.79 Å². The summed E-state index contributed by atoms with van der Waals surface area (Å²) in [5.41, 5.74) is 4.83. The van der Waals surface area contributed by atoms with Gasteiger partial charge in [0, 0.05) is 12.8 Å². The molecule has 0 aliphatic heterocycles. The number of carbonyl (C=O) groups is 1. The standard InChI is InChI=1S/C19H20N2OS2/c1-13-9-14(2)18-16(10-13)21(3)19(24-18)20-17(22)12-23-11-15-7-5-4-6-8-15/h4-10H,11-12H2,1-3H3. The van der Waals surface area contributed by atoms with Gasteiger partial charge in [-0.25, -0.2) is 0 Å². The molecular formula is C19H20N2OS2. The molecule has 3 rings (SSSR count). The summed E-state index contributed by atoms with van der Waals surface area (Å²) in [6.07, 6.45) is 0. The zero-order valence-corrected chi connectivity index (χ0v) is 15.7. The molecule has 1 amide bonds. The van der Waals surface area contributed by atoms with E-state index in [-0.39, 0.29) is 5.91 Å². The Hall–Kier alpha value is -1.85. The molecule has 124 valence electrons. The van der Waals surface area contributed by atoms with Gasteiger partial charge in [0.15, 0.2) is 4.80 Å². The average Bonchev–Trinajstić information content (AvgIpc) is 2.85. The van der Waals surface area contributed by atoms with Gasteiger partial charge in [-0.15, -0.1) is 11.8 Å². The lowest BCUT2D eigenvalue weighted by Crippen LogP contribution is -2.14. The van der Waals surface area contributed by atoms with Crippen LogP contribution in [0.25, 0.3) is 10.2 Å². The highest BCUT2D eigenvalue weighted by Gasteiger charge is 2.08. The highest BCUT2D eigenvalue weighted by Crippen LogP contribution is 2.22. The molecule has 1 heterocycles. The van der Waals surface area contributed by atoms with Crippen molar-refractivity contribution in [2.75, 3.05) is 5.75 Å². The SMILES string of the molecule is Cc1cc(C)c2sc(=NC(=O)CSCc3ccccc3)n(C)c2c1. The Morgan fingerprint density at radius 3 is 2.71 bits per heavy atom. The number of carbonyl (C=O) groups excluding carboxylic acids is 1. The number of amides is 1. The summed E-state index contributed by atoms with van der Waals surface area (Å²) in [7, 11) is 1.97. The highest BCUT2D eigenvalue weighted by molar-refractivity contribution is 7.99. The van der Waals surface area contributed by atoms with Crippen LogP contribution in [0.15, 0.2) is 47.5 Å². The van der Waals surface area contributed by atoms with Crippen LogP contribution < -0.4 is 4.80 Å². The molecule has 3 nitrogen and oxygen atoms in total. The lowest BCUT2D eigenvalue weighted by Gasteiger charge is -2.00. The molecule has 2 aromatic carbocycles. The van der Waals surface area contributed by atoms with E-state index in [0.29, 0.717) is 5.75 Å². The van der Waals surface area contributed by atoms with Gasteiger partial charge in [-0.2, -0.15) is 4.99 Å². The van der Waals surface area contributed by atoms with Gasteiger partial charge in [-0.05, 0) is 36.6 Å². The van der Waals surface area contributed by atoms with E-state index in [9.17, 15) is 4.79 Å². The predicted octanol–water partition coefficient (Wildman–Crippen LogP) is 4.22. The molecule has 0 saturated carbocycles. The first kappa shape index (κ1) is 17.0. The monoisotopic (exact) mass is 356 g/mol. The molecule has 3 aromatic rings. The molecule has 0 fully saturated rings. The van der Waals surface area contributed by atoms with E-state index in [0.717, 1.165) is 16.1 Å². The summed E-state index contributed by atoms with van der Waals surface area (Å²) in [5, 5.41) is 0. The predicted molar refractivity (Wildman–Crippen MR) is 103 cm³/mol. The van der Waals surface area contributed by atoms with Crippen molar-refractivity contribution >= 4 is 39.2 Å².